The first-order valence-corrected chi connectivity index (χ1v) is 9.24. The van der Waals surface area contributed by atoms with E-state index >= 15 is 0 Å². The SMILES string of the molecule is CCCNC(=O)Nc1ccc(OC)c(S(=O)(=O)N2CCOCC2)c1. The van der Waals surface area contributed by atoms with Crippen LogP contribution in [0, 0.1) is 0 Å². The fourth-order valence-electron chi connectivity index (χ4n) is 2.30. The summed E-state index contributed by atoms with van der Waals surface area (Å²) in [4.78, 5) is 11.8. The quantitative estimate of drug-likeness (QED) is 0.799. The summed E-state index contributed by atoms with van der Waals surface area (Å²) in [7, 11) is -2.31. The molecular formula is C15H23N3O5S. The van der Waals surface area contributed by atoms with Crippen molar-refractivity contribution < 1.29 is 22.7 Å². The Bertz CT molecular complexity index is 672. The predicted octanol–water partition coefficient (Wildman–Crippen LogP) is 1.25. The first kappa shape index (κ1) is 18.5. The van der Waals surface area contributed by atoms with Crippen LogP contribution in [0.5, 0.6) is 5.75 Å². The van der Waals surface area contributed by atoms with Gasteiger partial charge in [-0.1, -0.05) is 6.92 Å². The predicted molar refractivity (Wildman–Crippen MR) is 89.9 cm³/mol. The topological polar surface area (TPSA) is 97.0 Å². The minimum Gasteiger partial charge on any atom is -0.495 e. The summed E-state index contributed by atoms with van der Waals surface area (Å²) in [6, 6.07) is 4.16. The third-order valence-corrected chi connectivity index (χ3v) is 5.46. The number of carbonyl (C=O) groups is 1. The molecule has 1 aliphatic rings. The van der Waals surface area contributed by atoms with Gasteiger partial charge in [-0.25, -0.2) is 13.2 Å². The number of sulfonamides is 1. The molecule has 1 saturated heterocycles. The van der Waals surface area contributed by atoms with Gasteiger partial charge in [0.1, 0.15) is 10.6 Å². The van der Waals surface area contributed by atoms with Crippen LogP contribution in [0.15, 0.2) is 23.1 Å². The summed E-state index contributed by atoms with van der Waals surface area (Å²) in [5, 5.41) is 5.30. The van der Waals surface area contributed by atoms with Crippen LogP contribution in [0.4, 0.5) is 10.5 Å². The van der Waals surface area contributed by atoms with Gasteiger partial charge in [0.05, 0.1) is 20.3 Å². The van der Waals surface area contributed by atoms with Gasteiger partial charge >= 0.3 is 6.03 Å². The number of morpholine rings is 1. The summed E-state index contributed by atoms with van der Waals surface area (Å²) in [5.41, 5.74) is 0.385. The maximum atomic E-state index is 12.8. The average molecular weight is 357 g/mol. The molecule has 9 heteroatoms. The summed E-state index contributed by atoms with van der Waals surface area (Å²) in [6.45, 7) is 3.79. The molecule has 0 saturated carbocycles. The maximum Gasteiger partial charge on any atom is 0.319 e. The minimum absolute atomic E-state index is 0.0280. The van der Waals surface area contributed by atoms with Crippen LogP contribution in [0.25, 0.3) is 0 Å². The highest BCUT2D eigenvalue weighted by atomic mass is 32.2. The largest absolute Gasteiger partial charge is 0.495 e. The number of urea groups is 1. The smallest absolute Gasteiger partial charge is 0.319 e. The van der Waals surface area contributed by atoms with Gasteiger partial charge in [0, 0.05) is 25.3 Å². The second-order valence-electron chi connectivity index (χ2n) is 5.26. The second-order valence-corrected chi connectivity index (χ2v) is 7.17. The number of carbonyl (C=O) groups excluding carboxylic acids is 1. The molecule has 0 aromatic heterocycles. The highest BCUT2D eigenvalue weighted by Crippen LogP contribution is 2.30. The van der Waals surface area contributed by atoms with Gasteiger partial charge in [-0.2, -0.15) is 4.31 Å². The van der Waals surface area contributed by atoms with Gasteiger partial charge in [-0.3, -0.25) is 0 Å². The van der Waals surface area contributed by atoms with Crippen molar-refractivity contribution in [3.05, 3.63) is 18.2 Å². The summed E-state index contributed by atoms with van der Waals surface area (Å²) in [6.07, 6.45) is 0.812. The van der Waals surface area contributed by atoms with Crippen molar-refractivity contribution in [3.63, 3.8) is 0 Å². The Labute approximate surface area is 142 Å². The lowest BCUT2D eigenvalue weighted by Crippen LogP contribution is -2.40. The van der Waals surface area contributed by atoms with Crippen molar-refractivity contribution in [2.45, 2.75) is 18.2 Å². The molecule has 2 N–H and O–H groups in total. The molecule has 24 heavy (non-hydrogen) atoms. The monoisotopic (exact) mass is 357 g/mol. The molecule has 134 valence electrons. The number of ether oxygens (including phenoxy) is 2. The lowest BCUT2D eigenvalue weighted by molar-refractivity contribution is 0.0729. The molecule has 1 heterocycles. The molecule has 2 rings (SSSR count). The molecule has 8 nitrogen and oxygen atoms in total. The van der Waals surface area contributed by atoms with Crippen molar-refractivity contribution in [1.29, 1.82) is 0 Å². The first-order valence-electron chi connectivity index (χ1n) is 7.80. The van der Waals surface area contributed by atoms with Crippen LogP contribution >= 0.6 is 0 Å². The first-order chi connectivity index (χ1) is 11.5. The van der Waals surface area contributed by atoms with Gasteiger partial charge in [0.2, 0.25) is 10.0 Å². The molecule has 1 fully saturated rings. The van der Waals surface area contributed by atoms with Crippen molar-refractivity contribution in [1.82, 2.24) is 9.62 Å². The standard InChI is InChI=1S/C15H23N3O5S/c1-3-6-16-15(19)17-12-4-5-13(22-2)14(11-12)24(20,21)18-7-9-23-10-8-18/h4-5,11H,3,6-10H2,1-2H3,(H2,16,17,19). The Morgan fingerprint density at radius 1 is 1.33 bits per heavy atom. The number of rotatable bonds is 6. The van der Waals surface area contributed by atoms with E-state index in [1.54, 1.807) is 6.07 Å². The number of methoxy groups -OCH3 is 1. The van der Waals surface area contributed by atoms with E-state index in [4.69, 9.17) is 9.47 Å². The fourth-order valence-corrected chi connectivity index (χ4v) is 3.89. The van der Waals surface area contributed by atoms with Gasteiger partial charge in [-0.15, -0.1) is 0 Å². The van der Waals surface area contributed by atoms with Gasteiger partial charge in [0.25, 0.3) is 0 Å². The minimum atomic E-state index is -3.72. The van der Waals surface area contributed by atoms with Crippen molar-refractivity contribution in [3.8, 4) is 5.75 Å². The number of nitrogens with zero attached hydrogens (tertiary/aromatic N) is 1. The Hall–Kier alpha value is -1.84. The number of hydrogen-bond donors (Lipinski definition) is 2. The number of anilines is 1. The summed E-state index contributed by atoms with van der Waals surface area (Å²) < 4.78 is 37.4. The third kappa shape index (κ3) is 4.37. The molecule has 2 amide bonds. The number of hydrogen-bond acceptors (Lipinski definition) is 5. The number of benzene rings is 1. The average Bonchev–Trinajstić information content (AvgIpc) is 2.60. The van der Waals surface area contributed by atoms with E-state index in [9.17, 15) is 13.2 Å². The van der Waals surface area contributed by atoms with Gasteiger partial charge < -0.3 is 20.1 Å². The third-order valence-electron chi connectivity index (χ3n) is 3.54. The highest BCUT2D eigenvalue weighted by molar-refractivity contribution is 7.89. The molecule has 0 aliphatic carbocycles. The Balaban J connectivity index is 2.26. The Morgan fingerprint density at radius 3 is 2.67 bits per heavy atom. The number of nitrogens with one attached hydrogen (secondary N) is 2. The van der Waals surface area contributed by atoms with E-state index < -0.39 is 10.0 Å². The highest BCUT2D eigenvalue weighted by Gasteiger charge is 2.29. The van der Waals surface area contributed by atoms with Crippen LogP contribution < -0.4 is 15.4 Å². The molecule has 0 radical (unpaired) electrons. The molecular weight excluding hydrogens is 334 g/mol. The van der Waals surface area contributed by atoms with Gasteiger partial charge in [0.15, 0.2) is 0 Å². The zero-order valence-electron chi connectivity index (χ0n) is 13.9. The number of amides is 2. The second kappa shape index (κ2) is 8.32. The Kier molecular flexibility index (Phi) is 6.41. The maximum absolute atomic E-state index is 12.8. The van der Waals surface area contributed by atoms with E-state index in [-0.39, 0.29) is 16.7 Å². The summed E-state index contributed by atoms with van der Waals surface area (Å²) in [5.74, 6) is 0.237. The van der Waals surface area contributed by atoms with Crippen molar-refractivity contribution >= 4 is 21.7 Å². The van der Waals surface area contributed by atoms with E-state index in [0.29, 0.717) is 38.5 Å². The molecule has 0 bridgehead atoms. The van der Waals surface area contributed by atoms with E-state index in [2.05, 4.69) is 10.6 Å². The molecule has 1 aliphatic heterocycles. The Morgan fingerprint density at radius 2 is 2.04 bits per heavy atom. The van der Waals surface area contributed by atoms with Crippen LogP contribution in [-0.2, 0) is 14.8 Å². The van der Waals surface area contributed by atoms with Crippen LogP contribution in [0.1, 0.15) is 13.3 Å². The zero-order valence-corrected chi connectivity index (χ0v) is 14.7. The fraction of sp³-hybridized carbons (Fsp3) is 0.533. The molecule has 0 spiro atoms. The van der Waals surface area contributed by atoms with Crippen LogP contribution in [0.2, 0.25) is 0 Å². The molecule has 1 aromatic rings. The summed E-state index contributed by atoms with van der Waals surface area (Å²) >= 11 is 0. The van der Waals surface area contributed by atoms with E-state index in [1.165, 1.54) is 23.5 Å². The van der Waals surface area contributed by atoms with Crippen LogP contribution in [-0.4, -0.2) is 58.7 Å². The normalized spacial score (nSPS) is 15.8. The lowest BCUT2D eigenvalue weighted by Gasteiger charge is -2.26. The molecule has 0 atom stereocenters. The van der Waals surface area contributed by atoms with E-state index in [1.807, 2.05) is 6.92 Å². The van der Waals surface area contributed by atoms with Gasteiger partial charge in [-0.05, 0) is 24.6 Å². The van der Waals surface area contributed by atoms with Crippen molar-refractivity contribution in [2.75, 3.05) is 45.3 Å². The zero-order chi connectivity index (χ0) is 17.6. The van der Waals surface area contributed by atoms with E-state index in [0.717, 1.165) is 6.42 Å². The lowest BCUT2D eigenvalue weighted by atomic mass is 10.3. The molecule has 1 aromatic carbocycles. The molecule has 0 unspecified atom stereocenters. The van der Waals surface area contributed by atoms with Crippen LogP contribution in [0.3, 0.4) is 0 Å². The van der Waals surface area contributed by atoms with Crippen molar-refractivity contribution in [2.24, 2.45) is 0 Å².